The molecule has 28 heavy (non-hydrogen) atoms. The summed E-state index contributed by atoms with van der Waals surface area (Å²) in [6, 6.07) is 17.1. The van der Waals surface area contributed by atoms with Gasteiger partial charge in [0, 0.05) is 43.5 Å². The molecule has 2 N–H and O–H groups in total. The molecule has 6 heteroatoms. The van der Waals surface area contributed by atoms with Crippen LogP contribution in [0.4, 0.5) is 0 Å². The van der Waals surface area contributed by atoms with Crippen LogP contribution in [0, 0.1) is 5.92 Å². The zero-order chi connectivity index (χ0) is 19.8. The highest BCUT2D eigenvalue weighted by atomic mass is 35.5. The maximum atomic E-state index is 13.4. The molecule has 2 fully saturated rings. The average Bonchev–Trinajstić information content (AvgIpc) is 3.22. The van der Waals surface area contributed by atoms with Crippen LogP contribution in [0.15, 0.2) is 54.6 Å². The Morgan fingerprint density at radius 1 is 1.07 bits per heavy atom. The summed E-state index contributed by atoms with van der Waals surface area (Å²) in [4.78, 5) is 29.3. The quantitative estimate of drug-likeness (QED) is 0.866. The predicted octanol–water partition coefficient (Wildman–Crippen LogP) is 2.81. The van der Waals surface area contributed by atoms with E-state index in [1.165, 1.54) is 0 Å². The first-order chi connectivity index (χ1) is 13.5. The van der Waals surface area contributed by atoms with Gasteiger partial charge in [0.2, 0.25) is 11.8 Å². The lowest BCUT2D eigenvalue weighted by Gasteiger charge is -2.28. The zero-order valence-electron chi connectivity index (χ0n) is 15.8. The number of likely N-dealkylation sites (tertiary alicyclic amines) is 2. The van der Waals surface area contributed by atoms with Gasteiger partial charge in [-0.3, -0.25) is 9.59 Å². The number of hydrogen-bond donors (Lipinski definition) is 1. The normalized spacial score (nSPS) is 27.5. The molecule has 2 aromatic rings. The Labute approximate surface area is 170 Å². The summed E-state index contributed by atoms with van der Waals surface area (Å²) in [5, 5.41) is 0.601. The molecule has 4 rings (SSSR count). The zero-order valence-corrected chi connectivity index (χ0v) is 16.5. The Balaban J connectivity index is 1.57. The van der Waals surface area contributed by atoms with E-state index < -0.39 is 5.92 Å². The molecule has 0 aliphatic carbocycles. The summed E-state index contributed by atoms with van der Waals surface area (Å²) in [5.74, 6) is -0.328. The highest BCUT2D eigenvalue weighted by molar-refractivity contribution is 6.30. The van der Waals surface area contributed by atoms with E-state index in [4.69, 9.17) is 17.3 Å². The molecule has 2 unspecified atom stereocenters. The molecule has 0 saturated carbocycles. The van der Waals surface area contributed by atoms with Gasteiger partial charge in [-0.1, -0.05) is 54.1 Å². The van der Waals surface area contributed by atoms with Crippen molar-refractivity contribution in [1.82, 2.24) is 9.80 Å². The first kappa shape index (κ1) is 19.0. The molecule has 0 spiro atoms. The number of benzene rings is 2. The summed E-state index contributed by atoms with van der Waals surface area (Å²) < 4.78 is 0. The van der Waals surface area contributed by atoms with E-state index >= 15 is 0 Å². The van der Waals surface area contributed by atoms with Crippen LogP contribution in [0.1, 0.15) is 29.5 Å². The lowest BCUT2D eigenvalue weighted by molar-refractivity contribution is -0.135. The molecular weight excluding hydrogens is 374 g/mol. The van der Waals surface area contributed by atoms with Crippen LogP contribution in [0.3, 0.4) is 0 Å². The standard InChI is InChI=1S/C22H24ClN3O2/c1-25-20(27)11-17(21(25)15-8-5-9-16(23)10-15)22(28)26-12-18(19(24)13-26)14-6-3-2-4-7-14/h2-10,17-19,21H,11-13,24H2,1H3/t17?,18-,19+,21?/m0/s1. The molecule has 2 aromatic carbocycles. The summed E-state index contributed by atoms with van der Waals surface area (Å²) in [6.45, 7) is 1.09. The van der Waals surface area contributed by atoms with Crippen LogP contribution in [-0.4, -0.2) is 47.8 Å². The Kier molecular flexibility index (Phi) is 5.13. The van der Waals surface area contributed by atoms with Crippen molar-refractivity contribution in [2.45, 2.75) is 24.4 Å². The molecule has 2 amide bonds. The summed E-state index contributed by atoms with van der Waals surface area (Å²) in [6.07, 6.45) is 0.217. The van der Waals surface area contributed by atoms with Gasteiger partial charge in [0.05, 0.1) is 12.0 Å². The second-order valence-electron chi connectivity index (χ2n) is 7.74. The number of nitrogens with two attached hydrogens (primary N) is 1. The number of rotatable bonds is 3. The van der Waals surface area contributed by atoms with E-state index in [0.29, 0.717) is 18.1 Å². The van der Waals surface area contributed by atoms with Gasteiger partial charge in [-0.25, -0.2) is 0 Å². The topological polar surface area (TPSA) is 66.6 Å². The van der Waals surface area contributed by atoms with Gasteiger partial charge in [0.25, 0.3) is 0 Å². The highest BCUT2D eigenvalue weighted by Crippen LogP contribution is 2.40. The Morgan fingerprint density at radius 3 is 2.50 bits per heavy atom. The summed E-state index contributed by atoms with van der Waals surface area (Å²) in [5.41, 5.74) is 8.41. The smallest absolute Gasteiger partial charge is 0.228 e. The van der Waals surface area contributed by atoms with E-state index in [1.807, 2.05) is 41.3 Å². The van der Waals surface area contributed by atoms with E-state index in [2.05, 4.69) is 12.1 Å². The van der Waals surface area contributed by atoms with E-state index in [9.17, 15) is 9.59 Å². The number of halogens is 1. The SMILES string of the molecule is CN1C(=O)CC(C(=O)N2C[C@@H](N)[C@H](c3ccccc3)C2)C1c1cccc(Cl)c1. The number of nitrogens with zero attached hydrogens (tertiary/aromatic N) is 2. The molecule has 0 radical (unpaired) electrons. The largest absolute Gasteiger partial charge is 0.340 e. The average molecular weight is 398 g/mol. The minimum atomic E-state index is -0.419. The van der Waals surface area contributed by atoms with Crippen molar-refractivity contribution in [3.63, 3.8) is 0 Å². The van der Waals surface area contributed by atoms with Crippen LogP contribution in [0.25, 0.3) is 0 Å². The molecule has 5 nitrogen and oxygen atoms in total. The van der Waals surface area contributed by atoms with Crippen molar-refractivity contribution in [2.24, 2.45) is 11.7 Å². The molecule has 0 aromatic heterocycles. The molecular formula is C22H24ClN3O2. The second-order valence-corrected chi connectivity index (χ2v) is 8.18. The monoisotopic (exact) mass is 397 g/mol. The molecule has 2 aliphatic rings. The van der Waals surface area contributed by atoms with Crippen LogP contribution in [0.5, 0.6) is 0 Å². The fraction of sp³-hybridized carbons (Fsp3) is 0.364. The predicted molar refractivity (Wildman–Crippen MR) is 109 cm³/mol. The number of amides is 2. The van der Waals surface area contributed by atoms with Gasteiger partial charge in [0.1, 0.15) is 0 Å². The number of carbonyl (C=O) groups excluding carboxylic acids is 2. The van der Waals surface area contributed by atoms with Crippen molar-refractivity contribution in [2.75, 3.05) is 20.1 Å². The van der Waals surface area contributed by atoms with Gasteiger partial charge >= 0.3 is 0 Å². The first-order valence-corrected chi connectivity index (χ1v) is 9.94. The third-order valence-electron chi connectivity index (χ3n) is 6.00. The molecule has 146 valence electrons. The lowest BCUT2D eigenvalue weighted by Crippen LogP contribution is -2.38. The van der Waals surface area contributed by atoms with Crippen LogP contribution < -0.4 is 5.73 Å². The van der Waals surface area contributed by atoms with Crippen molar-refractivity contribution in [1.29, 1.82) is 0 Å². The maximum Gasteiger partial charge on any atom is 0.228 e. The van der Waals surface area contributed by atoms with E-state index in [-0.39, 0.29) is 36.2 Å². The highest BCUT2D eigenvalue weighted by Gasteiger charge is 2.46. The second kappa shape index (κ2) is 7.57. The number of hydrogen-bond acceptors (Lipinski definition) is 3. The first-order valence-electron chi connectivity index (χ1n) is 9.56. The van der Waals surface area contributed by atoms with Gasteiger partial charge in [-0.05, 0) is 23.3 Å². The molecule has 2 aliphatic heterocycles. The Morgan fingerprint density at radius 2 is 1.79 bits per heavy atom. The third-order valence-corrected chi connectivity index (χ3v) is 6.23. The third kappa shape index (κ3) is 3.40. The fourth-order valence-electron chi connectivity index (χ4n) is 4.53. The van der Waals surface area contributed by atoms with Gasteiger partial charge in [-0.15, -0.1) is 0 Å². The van der Waals surface area contributed by atoms with Gasteiger partial charge in [0.15, 0.2) is 0 Å². The summed E-state index contributed by atoms with van der Waals surface area (Å²) in [7, 11) is 1.75. The Hall–Kier alpha value is -2.37. The van der Waals surface area contributed by atoms with Crippen molar-refractivity contribution in [3.05, 3.63) is 70.7 Å². The molecule has 2 heterocycles. The maximum absolute atomic E-state index is 13.4. The van der Waals surface area contributed by atoms with Crippen LogP contribution in [-0.2, 0) is 9.59 Å². The van der Waals surface area contributed by atoms with E-state index in [0.717, 1.165) is 11.1 Å². The number of carbonyl (C=O) groups is 2. The van der Waals surface area contributed by atoms with Crippen molar-refractivity contribution in [3.8, 4) is 0 Å². The molecule has 4 atom stereocenters. The minimum absolute atomic E-state index is 0.00319. The van der Waals surface area contributed by atoms with E-state index in [1.54, 1.807) is 18.0 Å². The Bertz CT molecular complexity index is 888. The van der Waals surface area contributed by atoms with Gasteiger partial charge < -0.3 is 15.5 Å². The molecule has 2 saturated heterocycles. The lowest BCUT2D eigenvalue weighted by atomic mass is 9.92. The van der Waals surface area contributed by atoms with Crippen molar-refractivity contribution >= 4 is 23.4 Å². The van der Waals surface area contributed by atoms with Crippen LogP contribution >= 0.6 is 11.6 Å². The van der Waals surface area contributed by atoms with Gasteiger partial charge in [-0.2, -0.15) is 0 Å². The molecule has 0 bridgehead atoms. The van der Waals surface area contributed by atoms with Crippen LogP contribution in [0.2, 0.25) is 5.02 Å². The minimum Gasteiger partial charge on any atom is -0.340 e. The van der Waals surface area contributed by atoms with Crippen molar-refractivity contribution < 1.29 is 9.59 Å². The summed E-state index contributed by atoms with van der Waals surface area (Å²) >= 11 is 6.15. The fourth-order valence-corrected chi connectivity index (χ4v) is 4.73.